The minimum absolute atomic E-state index is 0.121. The Balaban J connectivity index is 1.14. The number of carbonyl (C=O) groups is 4. The lowest BCUT2D eigenvalue weighted by Crippen LogP contribution is -2.41. The summed E-state index contributed by atoms with van der Waals surface area (Å²) in [4.78, 5) is 52.7. The van der Waals surface area contributed by atoms with Crippen LogP contribution in [0.25, 0.3) is 0 Å². The van der Waals surface area contributed by atoms with E-state index in [0.717, 1.165) is 42.0 Å². The Labute approximate surface area is 186 Å². The van der Waals surface area contributed by atoms with Crippen molar-refractivity contribution < 1.29 is 19.2 Å². The summed E-state index contributed by atoms with van der Waals surface area (Å²) in [5, 5.41) is 2.82. The standard InChI is InChI=1S/C24H28N4O4/c25-22(30)17-2-1-9-27(12-17)18-7-3-14(4-8-18)11-26-19(29)13-28-23(31)20-15-5-6-16(10-15)21(20)24(28)32/h3-8,15-17,20-21H,1-2,9-13H2,(H2,25,30)(H,26,29). The van der Waals surface area contributed by atoms with E-state index in [0.29, 0.717) is 13.1 Å². The third-order valence-electron chi connectivity index (χ3n) is 7.48. The van der Waals surface area contributed by atoms with Crippen LogP contribution in [0, 0.1) is 29.6 Å². The number of anilines is 1. The fourth-order valence-corrected chi connectivity index (χ4v) is 5.79. The molecular weight excluding hydrogens is 408 g/mol. The lowest BCUT2D eigenvalue weighted by molar-refractivity contribution is -0.144. The molecule has 8 nitrogen and oxygen atoms in total. The van der Waals surface area contributed by atoms with Gasteiger partial charge in [-0.05, 0) is 48.8 Å². The average Bonchev–Trinajstić information content (AvgIpc) is 3.48. The van der Waals surface area contributed by atoms with Crippen molar-refractivity contribution in [3.63, 3.8) is 0 Å². The zero-order valence-electron chi connectivity index (χ0n) is 17.9. The van der Waals surface area contributed by atoms with Gasteiger partial charge in [0, 0.05) is 25.3 Å². The zero-order chi connectivity index (χ0) is 22.4. The number of nitrogens with zero attached hydrogens (tertiary/aromatic N) is 2. The van der Waals surface area contributed by atoms with Crippen LogP contribution in [0.2, 0.25) is 0 Å². The van der Waals surface area contributed by atoms with E-state index in [4.69, 9.17) is 5.73 Å². The van der Waals surface area contributed by atoms with Gasteiger partial charge in [-0.25, -0.2) is 0 Å². The zero-order valence-corrected chi connectivity index (χ0v) is 17.9. The maximum atomic E-state index is 12.7. The number of hydrogen-bond donors (Lipinski definition) is 2. The summed E-state index contributed by atoms with van der Waals surface area (Å²) < 4.78 is 0. The molecule has 5 rings (SSSR count). The number of hydrogen-bond acceptors (Lipinski definition) is 5. The summed E-state index contributed by atoms with van der Waals surface area (Å²) in [6, 6.07) is 7.82. The van der Waals surface area contributed by atoms with Gasteiger partial charge in [-0.2, -0.15) is 0 Å². The summed E-state index contributed by atoms with van der Waals surface area (Å²) in [5.74, 6) is -1.38. The van der Waals surface area contributed by atoms with Crippen molar-refractivity contribution in [2.75, 3.05) is 24.5 Å². The number of likely N-dealkylation sites (tertiary alicyclic amines) is 1. The molecule has 5 atom stereocenters. The largest absolute Gasteiger partial charge is 0.371 e. The van der Waals surface area contributed by atoms with Crippen LogP contribution < -0.4 is 16.0 Å². The Morgan fingerprint density at radius 3 is 2.31 bits per heavy atom. The molecule has 168 valence electrons. The van der Waals surface area contributed by atoms with E-state index in [1.54, 1.807) is 0 Å². The highest BCUT2D eigenvalue weighted by Crippen LogP contribution is 2.52. The van der Waals surface area contributed by atoms with Gasteiger partial charge in [-0.15, -0.1) is 0 Å². The Morgan fingerprint density at radius 1 is 1.03 bits per heavy atom. The van der Waals surface area contributed by atoms with Crippen LogP contribution in [0.5, 0.6) is 0 Å². The molecule has 32 heavy (non-hydrogen) atoms. The summed E-state index contributed by atoms with van der Waals surface area (Å²) in [6.07, 6.45) is 6.73. The first kappa shape index (κ1) is 20.7. The quantitative estimate of drug-likeness (QED) is 0.506. The SMILES string of the molecule is NC(=O)C1CCCN(c2ccc(CNC(=O)CN3C(=O)C4C5C=CC(C5)C4C3=O)cc2)C1. The lowest BCUT2D eigenvalue weighted by Gasteiger charge is -2.33. The van der Waals surface area contributed by atoms with Gasteiger partial charge in [0.25, 0.3) is 0 Å². The number of fused-ring (bicyclic) bond motifs is 5. The number of rotatable bonds is 6. The van der Waals surface area contributed by atoms with Gasteiger partial charge in [0.1, 0.15) is 6.54 Å². The van der Waals surface area contributed by atoms with Crippen molar-refractivity contribution in [3.8, 4) is 0 Å². The number of nitrogens with one attached hydrogen (secondary N) is 1. The van der Waals surface area contributed by atoms with Crippen molar-refractivity contribution in [1.29, 1.82) is 0 Å². The molecule has 1 aromatic carbocycles. The molecule has 1 saturated carbocycles. The van der Waals surface area contributed by atoms with Crippen molar-refractivity contribution in [2.24, 2.45) is 35.3 Å². The Hall–Kier alpha value is -3.16. The van der Waals surface area contributed by atoms with Crippen molar-refractivity contribution in [1.82, 2.24) is 10.2 Å². The number of nitrogens with two attached hydrogens (primary N) is 1. The van der Waals surface area contributed by atoms with Gasteiger partial charge in [0.15, 0.2) is 0 Å². The first-order valence-corrected chi connectivity index (χ1v) is 11.4. The molecule has 1 aromatic rings. The molecule has 0 radical (unpaired) electrons. The molecule has 3 N–H and O–H groups in total. The maximum absolute atomic E-state index is 12.7. The van der Waals surface area contributed by atoms with Crippen LogP contribution in [-0.4, -0.2) is 48.2 Å². The van der Waals surface area contributed by atoms with Crippen molar-refractivity contribution in [3.05, 3.63) is 42.0 Å². The van der Waals surface area contributed by atoms with Crippen LogP contribution in [0.15, 0.2) is 36.4 Å². The van der Waals surface area contributed by atoms with Crippen molar-refractivity contribution in [2.45, 2.75) is 25.8 Å². The topological polar surface area (TPSA) is 113 Å². The fourth-order valence-electron chi connectivity index (χ4n) is 5.79. The predicted molar refractivity (Wildman–Crippen MR) is 117 cm³/mol. The molecule has 0 aromatic heterocycles. The highest BCUT2D eigenvalue weighted by Gasteiger charge is 2.59. The Morgan fingerprint density at radius 2 is 1.69 bits per heavy atom. The third kappa shape index (κ3) is 3.57. The van der Waals surface area contributed by atoms with Crippen LogP contribution >= 0.6 is 0 Å². The number of imide groups is 1. The summed E-state index contributed by atoms with van der Waals surface area (Å²) in [6.45, 7) is 1.61. The number of amides is 4. The molecule has 0 spiro atoms. The summed E-state index contributed by atoms with van der Waals surface area (Å²) >= 11 is 0. The minimum atomic E-state index is -0.337. The van der Waals surface area contributed by atoms with Gasteiger partial charge in [-0.3, -0.25) is 24.1 Å². The van der Waals surface area contributed by atoms with Gasteiger partial charge in [-0.1, -0.05) is 24.3 Å². The van der Waals surface area contributed by atoms with E-state index in [1.807, 2.05) is 36.4 Å². The molecule has 4 aliphatic rings. The molecule has 2 saturated heterocycles. The minimum Gasteiger partial charge on any atom is -0.371 e. The molecule has 2 aliphatic heterocycles. The Bertz CT molecular complexity index is 958. The molecule has 3 fully saturated rings. The second kappa shape index (κ2) is 8.07. The van der Waals surface area contributed by atoms with E-state index in [9.17, 15) is 19.2 Å². The number of primary amides is 1. The summed E-state index contributed by atoms with van der Waals surface area (Å²) in [5.41, 5.74) is 7.41. The number of carbonyl (C=O) groups excluding carboxylic acids is 4. The molecule has 2 bridgehead atoms. The molecule has 4 amide bonds. The van der Waals surface area contributed by atoms with Crippen molar-refractivity contribution >= 4 is 29.3 Å². The number of allylic oxidation sites excluding steroid dienone is 2. The summed E-state index contributed by atoms with van der Waals surface area (Å²) in [7, 11) is 0. The van der Waals surface area contributed by atoms with E-state index in [1.165, 1.54) is 0 Å². The van der Waals surface area contributed by atoms with Gasteiger partial charge in [0.05, 0.1) is 17.8 Å². The van der Waals surface area contributed by atoms with Crippen LogP contribution in [-0.2, 0) is 25.7 Å². The lowest BCUT2D eigenvalue weighted by atomic mass is 9.85. The highest BCUT2D eigenvalue weighted by atomic mass is 16.2. The van der Waals surface area contributed by atoms with E-state index < -0.39 is 0 Å². The van der Waals surface area contributed by atoms with Gasteiger partial charge < -0.3 is 16.0 Å². The second-order valence-corrected chi connectivity index (χ2v) is 9.39. The average molecular weight is 437 g/mol. The first-order chi connectivity index (χ1) is 15.4. The second-order valence-electron chi connectivity index (χ2n) is 9.39. The Kier molecular flexibility index (Phi) is 5.23. The van der Waals surface area contributed by atoms with Crippen LogP contribution in [0.4, 0.5) is 5.69 Å². The molecular formula is C24H28N4O4. The smallest absolute Gasteiger partial charge is 0.240 e. The number of benzene rings is 1. The van der Waals surface area contributed by atoms with E-state index in [-0.39, 0.29) is 59.8 Å². The van der Waals surface area contributed by atoms with Gasteiger partial charge in [0.2, 0.25) is 23.6 Å². The molecule has 2 heterocycles. The molecule has 5 unspecified atom stereocenters. The number of piperidine rings is 1. The predicted octanol–water partition coefficient (Wildman–Crippen LogP) is 0.812. The van der Waals surface area contributed by atoms with E-state index in [2.05, 4.69) is 10.2 Å². The van der Waals surface area contributed by atoms with Crippen LogP contribution in [0.1, 0.15) is 24.8 Å². The first-order valence-electron chi connectivity index (χ1n) is 11.4. The normalized spacial score (nSPS) is 30.7. The monoisotopic (exact) mass is 436 g/mol. The van der Waals surface area contributed by atoms with E-state index >= 15 is 0 Å². The fraction of sp³-hybridized carbons (Fsp3) is 0.500. The van der Waals surface area contributed by atoms with Crippen LogP contribution in [0.3, 0.4) is 0 Å². The highest BCUT2D eigenvalue weighted by molar-refractivity contribution is 6.08. The molecule has 2 aliphatic carbocycles. The van der Waals surface area contributed by atoms with Gasteiger partial charge >= 0.3 is 0 Å². The third-order valence-corrected chi connectivity index (χ3v) is 7.48. The maximum Gasteiger partial charge on any atom is 0.240 e. The molecule has 8 heteroatoms.